The molecule has 0 spiro atoms. The summed E-state index contributed by atoms with van der Waals surface area (Å²) in [4.78, 5) is 3.29. The summed E-state index contributed by atoms with van der Waals surface area (Å²) < 4.78 is 0. The van der Waals surface area contributed by atoms with Gasteiger partial charge in [-0.15, -0.1) is 0 Å². The highest BCUT2D eigenvalue weighted by Crippen LogP contribution is 2.27. The zero-order valence-electron chi connectivity index (χ0n) is 7.78. The van der Waals surface area contributed by atoms with E-state index in [9.17, 15) is 0 Å². The maximum absolute atomic E-state index is 3.40. The summed E-state index contributed by atoms with van der Waals surface area (Å²) in [5.41, 5.74) is 4.31. The van der Waals surface area contributed by atoms with Crippen molar-refractivity contribution in [1.82, 2.24) is 10.3 Å². The zero-order valence-corrected chi connectivity index (χ0v) is 7.78. The Labute approximate surface area is 73.4 Å². The second kappa shape index (κ2) is 2.94. The monoisotopic (exact) mass is 164 g/mol. The Morgan fingerprint density at radius 3 is 2.75 bits per heavy atom. The Hall–Kier alpha value is -0.760. The van der Waals surface area contributed by atoms with Crippen LogP contribution in [0.2, 0.25) is 0 Å². The second-order valence-corrected chi connectivity index (χ2v) is 3.70. The minimum absolute atomic E-state index is 0.747. The molecule has 1 aliphatic heterocycles. The Kier molecular flexibility index (Phi) is 1.93. The molecule has 1 saturated heterocycles. The highest BCUT2D eigenvalue weighted by Gasteiger charge is 2.20. The number of hydrogen-bond donors (Lipinski definition) is 2. The van der Waals surface area contributed by atoms with Crippen LogP contribution in [0, 0.1) is 13.8 Å². The average Bonchev–Trinajstić information content (AvgIpc) is 2.61. The van der Waals surface area contributed by atoms with Crippen molar-refractivity contribution in [3.63, 3.8) is 0 Å². The predicted octanol–water partition coefficient (Wildman–Crippen LogP) is 1.71. The Morgan fingerprint density at radius 2 is 2.25 bits per heavy atom. The maximum atomic E-state index is 3.40. The normalized spacial score (nSPS) is 23.3. The first kappa shape index (κ1) is 7.87. The van der Waals surface area contributed by atoms with Crippen LogP contribution in [-0.4, -0.2) is 18.1 Å². The SMILES string of the molecule is Cc1c[nH]c(C)c1C1CCNC1. The van der Waals surface area contributed by atoms with Crippen molar-refractivity contribution >= 4 is 0 Å². The number of aromatic nitrogens is 1. The first-order chi connectivity index (χ1) is 5.79. The lowest BCUT2D eigenvalue weighted by atomic mass is 9.96. The van der Waals surface area contributed by atoms with Gasteiger partial charge in [-0.3, -0.25) is 0 Å². The molecule has 0 aromatic carbocycles. The molecule has 1 unspecified atom stereocenters. The van der Waals surface area contributed by atoms with Crippen molar-refractivity contribution < 1.29 is 0 Å². The number of aryl methyl sites for hydroxylation is 2. The molecule has 2 nitrogen and oxygen atoms in total. The molecule has 0 amide bonds. The molecule has 0 saturated carbocycles. The summed E-state index contributed by atoms with van der Waals surface area (Å²) in [6.45, 7) is 6.69. The fourth-order valence-electron chi connectivity index (χ4n) is 2.20. The van der Waals surface area contributed by atoms with Crippen molar-refractivity contribution in [2.75, 3.05) is 13.1 Å². The van der Waals surface area contributed by atoms with Gasteiger partial charge in [0.2, 0.25) is 0 Å². The molecule has 2 heteroatoms. The van der Waals surface area contributed by atoms with Crippen LogP contribution in [0.3, 0.4) is 0 Å². The van der Waals surface area contributed by atoms with Crippen LogP contribution in [0.1, 0.15) is 29.2 Å². The van der Waals surface area contributed by atoms with E-state index in [2.05, 4.69) is 30.3 Å². The van der Waals surface area contributed by atoms with Crippen molar-refractivity contribution in [3.05, 3.63) is 23.0 Å². The minimum Gasteiger partial charge on any atom is -0.365 e. The third-order valence-electron chi connectivity index (χ3n) is 2.80. The van der Waals surface area contributed by atoms with Crippen molar-refractivity contribution in [2.45, 2.75) is 26.2 Å². The van der Waals surface area contributed by atoms with Gasteiger partial charge in [0.05, 0.1) is 0 Å². The number of aromatic amines is 1. The number of nitrogens with one attached hydrogen (secondary N) is 2. The Balaban J connectivity index is 2.30. The van der Waals surface area contributed by atoms with Gasteiger partial charge in [0.15, 0.2) is 0 Å². The molecule has 2 N–H and O–H groups in total. The molecule has 1 aromatic rings. The lowest BCUT2D eigenvalue weighted by molar-refractivity contribution is 0.753. The van der Waals surface area contributed by atoms with Crippen LogP contribution in [0.25, 0.3) is 0 Å². The number of H-pyrrole nitrogens is 1. The van der Waals surface area contributed by atoms with Crippen molar-refractivity contribution in [2.24, 2.45) is 0 Å². The first-order valence-electron chi connectivity index (χ1n) is 4.64. The fourth-order valence-corrected chi connectivity index (χ4v) is 2.20. The van der Waals surface area contributed by atoms with Crippen LogP contribution < -0.4 is 5.32 Å². The van der Waals surface area contributed by atoms with Gasteiger partial charge in [-0.25, -0.2) is 0 Å². The zero-order chi connectivity index (χ0) is 8.55. The summed E-state index contributed by atoms with van der Waals surface area (Å²) in [7, 11) is 0. The van der Waals surface area contributed by atoms with Gasteiger partial charge in [-0.1, -0.05) is 0 Å². The topological polar surface area (TPSA) is 27.8 Å². The molecule has 1 aromatic heterocycles. The second-order valence-electron chi connectivity index (χ2n) is 3.70. The summed E-state index contributed by atoms with van der Waals surface area (Å²) in [5.74, 6) is 0.747. The largest absolute Gasteiger partial charge is 0.365 e. The molecule has 0 aliphatic carbocycles. The Morgan fingerprint density at radius 1 is 1.42 bits per heavy atom. The number of hydrogen-bond acceptors (Lipinski definition) is 1. The lowest BCUT2D eigenvalue weighted by Gasteiger charge is -2.09. The van der Waals surface area contributed by atoms with Crippen LogP contribution in [0.4, 0.5) is 0 Å². The molecular weight excluding hydrogens is 148 g/mol. The highest BCUT2D eigenvalue weighted by atomic mass is 14.9. The standard InChI is InChI=1S/C10H16N2/c1-7-5-12-8(2)10(7)9-3-4-11-6-9/h5,9,11-12H,3-4,6H2,1-2H3. The molecule has 1 fully saturated rings. The average molecular weight is 164 g/mol. The van der Waals surface area contributed by atoms with E-state index in [0.717, 1.165) is 12.5 Å². The van der Waals surface area contributed by atoms with E-state index in [0.29, 0.717) is 0 Å². The van der Waals surface area contributed by atoms with Crippen molar-refractivity contribution in [3.8, 4) is 0 Å². The van der Waals surface area contributed by atoms with Gasteiger partial charge >= 0.3 is 0 Å². The fraction of sp³-hybridized carbons (Fsp3) is 0.600. The summed E-state index contributed by atoms with van der Waals surface area (Å²) >= 11 is 0. The molecule has 2 heterocycles. The highest BCUT2D eigenvalue weighted by molar-refractivity contribution is 5.33. The quantitative estimate of drug-likeness (QED) is 0.649. The molecule has 0 bridgehead atoms. The lowest BCUT2D eigenvalue weighted by Crippen LogP contribution is -2.08. The van der Waals surface area contributed by atoms with Crippen LogP contribution in [-0.2, 0) is 0 Å². The van der Waals surface area contributed by atoms with E-state index in [-0.39, 0.29) is 0 Å². The molecule has 1 atom stereocenters. The van der Waals surface area contributed by atoms with Gasteiger partial charge in [-0.2, -0.15) is 0 Å². The third-order valence-corrected chi connectivity index (χ3v) is 2.80. The smallest absolute Gasteiger partial charge is 0.0154 e. The predicted molar refractivity (Wildman–Crippen MR) is 50.5 cm³/mol. The molecule has 2 rings (SSSR count). The van der Waals surface area contributed by atoms with E-state index in [1.54, 1.807) is 5.56 Å². The van der Waals surface area contributed by atoms with Gasteiger partial charge in [0, 0.05) is 18.4 Å². The van der Waals surface area contributed by atoms with E-state index < -0.39 is 0 Å². The molecule has 1 aliphatic rings. The van der Waals surface area contributed by atoms with Crippen LogP contribution in [0.5, 0.6) is 0 Å². The van der Waals surface area contributed by atoms with Crippen LogP contribution in [0.15, 0.2) is 6.20 Å². The van der Waals surface area contributed by atoms with Crippen LogP contribution >= 0.6 is 0 Å². The minimum atomic E-state index is 0.747. The van der Waals surface area contributed by atoms with Gasteiger partial charge < -0.3 is 10.3 Å². The summed E-state index contributed by atoms with van der Waals surface area (Å²) in [6, 6.07) is 0. The molecule has 0 radical (unpaired) electrons. The Bertz CT molecular complexity index is 250. The van der Waals surface area contributed by atoms with Gasteiger partial charge in [0.25, 0.3) is 0 Å². The first-order valence-corrected chi connectivity index (χ1v) is 4.64. The van der Waals surface area contributed by atoms with E-state index >= 15 is 0 Å². The number of rotatable bonds is 1. The third kappa shape index (κ3) is 1.16. The summed E-state index contributed by atoms with van der Waals surface area (Å²) in [5, 5.41) is 3.40. The molecule has 12 heavy (non-hydrogen) atoms. The molecular formula is C10H16N2. The van der Waals surface area contributed by atoms with E-state index in [1.807, 2.05) is 0 Å². The maximum Gasteiger partial charge on any atom is 0.0154 e. The summed E-state index contributed by atoms with van der Waals surface area (Å²) in [6.07, 6.45) is 3.41. The van der Waals surface area contributed by atoms with E-state index in [1.165, 1.54) is 24.2 Å². The van der Waals surface area contributed by atoms with E-state index in [4.69, 9.17) is 0 Å². The molecule has 66 valence electrons. The van der Waals surface area contributed by atoms with Gasteiger partial charge in [0.1, 0.15) is 0 Å². The van der Waals surface area contributed by atoms with Gasteiger partial charge in [-0.05, 0) is 43.9 Å². The van der Waals surface area contributed by atoms with Crippen molar-refractivity contribution in [1.29, 1.82) is 0 Å².